The predicted molar refractivity (Wildman–Crippen MR) is 102 cm³/mol. The van der Waals surface area contributed by atoms with Crippen LogP contribution in [-0.2, 0) is 9.53 Å². The molecule has 0 saturated heterocycles. The van der Waals surface area contributed by atoms with Gasteiger partial charge in [0.15, 0.2) is 12.4 Å². The van der Waals surface area contributed by atoms with Gasteiger partial charge in [-0.3, -0.25) is 9.59 Å². The fraction of sp³-hybridized carbons (Fsp3) is 0.100. The molecule has 2 aromatic carbocycles. The lowest BCUT2D eigenvalue weighted by atomic mass is 10.1. The number of ketones is 1. The Morgan fingerprint density at radius 1 is 1.04 bits per heavy atom. The first kappa shape index (κ1) is 18.5. The van der Waals surface area contributed by atoms with Crippen molar-refractivity contribution in [1.29, 1.82) is 0 Å². The monoisotopic (exact) mass is 382 g/mol. The second kappa shape index (κ2) is 7.97. The molecule has 0 fully saturated rings. The van der Waals surface area contributed by atoms with Gasteiger partial charge in [-0.25, -0.2) is 9.78 Å². The largest absolute Gasteiger partial charge is 0.452 e. The Bertz CT molecular complexity index is 1050. The van der Waals surface area contributed by atoms with Gasteiger partial charge in [0.2, 0.25) is 0 Å². The number of nitrogens with one attached hydrogen (secondary N) is 1. The van der Waals surface area contributed by atoms with Crippen LogP contribution in [0.3, 0.4) is 0 Å². The van der Waals surface area contributed by atoms with Crippen molar-refractivity contribution in [3.05, 3.63) is 70.9 Å². The van der Waals surface area contributed by atoms with E-state index >= 15 is 0 Å². The third kappa shape index (κ3) is 4.68. The van der Waals surface area contributed by atoms with Crippen molar-refractivity contribution in [1.82, 2.24) is 4.98 Å². The molecule has 0 radical (unpaired) electrons. The number of carbonyl (C=O) groups excluding carboxylic acids is 3. The summed E-state index contributed by atoms with van der Waals surface area (Å²) in [6, 6.07) is 14.7. The molecular formula is C20H15ClN2O4. The Morgan fingerprint density at radius 3 is 2.63 bits per heavy atom. The minimum atomic E-state index is -0.625. The van der Waals surface area contributed by atoms with E-state index in [-0.39, 0.29) is 5.78 Å². The summed E-state index contributed by atoms with van der Waals surface area (Å²) in [5, 5.41) is 3.69. The summed E-state index contributed by atoms with van der Waals surface area (Å²) in [4.78, 5) is 39.7. The van der Waals surface area contributed by atoms with Gasteiger partial charge in [-0.15, -0.1) is 0 Å². The van der Waals surface area contributed by atoms with Gasteiger partial charge in [-0.2, -0.15) is 0 Å². The van der Waals surface area contributed by atoms with Crippen LogP contribution in [0.5, 0.6) is 0 Å². The summed E-state index contributed by atoms with van der Waals surface area (Å²) in [6.45, 7) is 0.996. The van der Waals surface area contributed by atoms with Gasteiger partial charge < -0.3 is 10.1 Å². The molecule has 0 aliphatic rings. The molecule has 6 nitrogen and oxygen atoms in total. The van der Waals surface area contributed by atoms with Gasteiger partial charge in [-0.05, 0) is 49.4 Å². The second-order valence-electron chi connectivity index (χ2n) is 5.80. The highest BCUT2D eigenvalue weighted by atomic mass is 35.5. The molecule has 0 aliphatic carbocycles. The predicted octanol–water partition coefficient (Wildman–Crippen LogP) is 3.89. The third-order valence-electron chi connectivity index (χ3n) is 3.78. The summed E-state index contributed by atoms with van der Waals surface area (Å²) in [5.41, 5.74) is 1.90. The first-order valence-corrected chi connectivity index (χ1v) is 8.44. The smallest absolute Gasteiger partial charge is 0.338 e. The van der Waals surface area contributed by atoms with Crippen LogP contribution < -0.4 is 5.32 Å². The van der Waals surface area contributed by atoms with E-state index in [1.165, 1.54) is 6.92 Å². The van der Waals surface area contributed by atoms with Gasteiger partial charge in [0.25, 0.3) is 5.91 Å². The Kier molecular flexibility index (Phi) is 5.47. The normalized spacial score (nSPS) is 10.4. The molecular weight excluding hydrogens is 368 g/mol. The standard InChI is InChI=1S/C20H15ClN2O4/c1-12(24)13-3-2-4-16(10-13)22-19(25)11-27-20(26)15-5-7-17-14(9-15)6-8-18(21)23-17/h2-10H,11H2,1H3,(H,22,25). The van der Waals surface area contributed by atoms with Crippen molar-refractivity contribution in [2.75, 3.05) is 11.9 Å². The number of benzene rings is 2. The highest BCUT2D eigenvalue weighted by molar-refractivity contribution is 6.29. The van der Waals surface area contributed by atoms with E-state index in [0.717, 1.165) is 5.39 Å². The number of pyridine rings is 1. The van der Waals surface area contributed by atoms with Gasteiger partial charge in [0.1, 0.15) is 5.15 Å². The number of amides is 1. The number of halogens is 1. The molecule has 0 atom stereocenters. The Labute approximate surface area is 160 Å². The first-order chi connectivity index (χ1) is 12.9. The number of anilines is 1. The van der Waals surface area contributed by atoms with Crippen LogP contribution in [0, 0.1) is 0 Å². The topological polar surface area (TPSA) is 85.4 Å². The summed E-state index contributed by atoms with van der Waals surface area (Å²) in [5.74, 6) is -1.23. The Balaban J connectivity index is 1.61. The summed E-state index contributed by atoms with van der Waals surface area (Å²) >= 11 is 5.83. The molecule has 0 spiro atoms. The Morgan fingerprint density at radius 2 is 1.85 bits per heavy atom. The molecule has 7 heteroatoms. The second-order valence-corrected chi connectivity index (χ2v) is 6.19. The Hall–Kier alpha value is -3.25. The van der Waals surface area contributed by atoms with E-state index in [0.29, 0.717) is 27.5 Å². The summed E-state index contributed by atoms with van der Waals surface area (Å²) in [7, 11) is 0. The summed E-state index contributed by atoms with van der Waals surface area (Å²) < 4.78 is 5.05. The number of carbonyl (C=O) groups is 3. The number of hydrogen-bond acceptors (Lipinski definition) is 5. The number of rotatable bonds is 5. The van der Waals surface area contributed by atoms with Crippen molar-refractivity contribution >= 4 is 45.9 Å². The van der Waals surface area contributed by atoms with Crippen molar-refractivity contribution in [3.8, 4) is 0 Å². The molecule has 1 aromatic heterocycles. The number of esters is 1. The SMILES string of the molecule is CC(=O)c1cccc(NC(=O)COC(=O)c2ccc3nc(Cl)ccc3c2)c1. The maximum absolute atomic E-state index is 12.2. The molecule has 1 heterocycles. The molecule has 3 aromatic rings. The fourth-order valence-electron chi connectivity index (χ4n) is 2.46. The molecule has 1 amide bonds. The molecule has 136 valence electrons. The average molecular weight is 383 g/mol. The molecule has 3 rings (SSSR count). The minimum absolute atomic E-state index is 0.107. The summed E-state index contributed by atoms with van der Waals surface area (Å²) in [6.07, 6.45) is 0. The molecule has 0 bridgehead atoms. The number of aromatic nitrogens is 1. The lowest BCUT2D eigenvalue weighted by Crippen LogP contribution is -2.21. The quantitative estimate of drug-likeness (QED) is 0.411. The lowest BCUT2D eigenvalue weighted by molar-refractivity contribution is -0.119. The van der Waals surface area contributed by atoms with Gasteiger partial charge in [0.05, 0.1) is 11.1 Å². The third-order valence-corrected chi connectivity index (χ3v) is 3.99. The minimum Gasteiger partial charge on any atom is -0.452 e. The zero-order chi connectivity index (χ0) is 19.4. The average Bonchev–Trinajstić information content (AvgIpc) is 2.65. The number of fused-ring (bicyclic) bond motifs is 1. The van der Waals surface area contributed by atoms with Crippen molar-refractivity contribution in [2.24, 2.45) is 0 Å². The molecule has 0 aliphatic heterocycles. The van der Waals surface area contributed by atoms with E-state index in [4.69, 9.17) is 16.3 Å². The molecule has 1 N–H and O–H groups in total. The fourth-order valence-corrected chi connectivity index (χ4v) is 2.61. The van der Waals surface area contributed by atoms with Crippen LogP contribution in [0.25, 0.3) is 10.9 Å². The highest BCUT2D eigenvalue weighted by Gasteiger charge is 2.12. The lowest BCUT2D eigenvalue weighted by Gasteiger charge is -2.08. The maximum atomic E-state index is 12.2. The first-order valence-electron chi connectivity index (χ1n) is 8.07. The molecule has 0 unspecified atom stereocenters. The van der Waals surface area contributed by atoms with Crippen LogP contribution in [0.15, 0.2) is 54.6 Å². The van der Waals surface area contributed by atoms with E-state index in [1.54, 1.807) is 54.6 Å². The number of Topliss-reactive ketones (excluding diaryl/α,β-unsaturated/α-hetero) is 1. The van der Waals surface area contributed by atoms with Crippen LogP contribution in [-0.4, -0.2) is 29.3 Å². The highest BCUT2D eigenvalue weighted by Crippen LogP contribution is 2.18. The number of ether oxygens (including phenoxy) is 1. The van der Waals surface area contributed by atoms with Crippen LogP contribution in [0.4, 0.5) is 5.69 Å². The van der Waals surface area contributed by atoms with E-state index in [1.807, 2.05) is 0 Å². The van der Waals surface area contributed by atoms with Gasteiger partial charge >= 0.3 is 5.97 Å². The van der Waals surface area contributed by atoms with Crippen molar-refractivity contribution < 1.29 is 19.1 Å². The number of hydrogen-bond donors (Lipinski definition) is 1. The van der Waals surface area contributed by atoms with Crippen LogP contribution >= 0.6 is 11.6 Å². The van der Waals surface area contributed by atoms with Crippen LogP contribution in [0.2, 0.25) is 5.15 Å². The molecule has 27 heavy (non-hydrogen) atoms. The van der Waals surface area contributed by atoms with E-state index in [2.05, 4.69) is 10.3 Å². The maximum Gasteiger partial charge on any atom is 0.338 e. The molecule has 0 saturated carbocycles. The van der Waals surface area contributed by atoms with E-state index < -0.39 is 18.5 Å². The van der Waals surface area contributed by atoms with Crippen molar-refractivity contribution in [3.63, 3.8) is 0 Å². The zero-order valence-electron chi connectivity index (χ0n) is 14.4. The zero-order valence-corrected chi connectivity index (χ0v) is 15.1. The van der Waals surface area contributed by atoms with E-state index in [9.17, 15) is 14.4 Å². The van der Waals surface area contributed by atoms with Crippen molar-refractivity contribution in [2.45, 2.75) is 6.92 Å². The number of nitrogens with zero attached hydrogens (tertiary/aromatic N) is 1. The van der Waals surface area contributed by atoms with Gasteiger partial charge in [0, 0.05) is 16.6 Å². The van der Waals surface area contributed by atoms with Gasteiger partial charge in [-0.1, -0.05) is 23.7 Å². The van der Waals surface area contributed by atoms with Crippen LogP contribution in [0.1, 0.15) is 27.6 Å².